The van der Waals surface area contributed by atoms with Crippen LogP contribution in [-0.4, -0.2) is 15.6 Å². The number of benzene rings is 1. The van der Waals surface area contributed by atoms with Crippen molar-refractivity contribution in [1.29, 1.82) is 0 Å². The lowest BCUT2D eigenvalue weighted by Gasteiger charge is -2.04. The Morgan fingerprint density at radius 2 is 2.18 bits per heavy atom. The molecule has 0 amide bonds. The molecule has 0 saturated heterocycles. The molecule has 3 nitrogen and oxygen atoms in total. The molecule has 0 unspecified atom stereocenters. The number of aryl methyl sites for hydroxylation is 1. The molecule has 2 aromatic rings. The average Bonchev–Trinajstić information content (AvgIpc) is 2.58. The van der Waals surface area contributed by atoms with Crippen molar-refractivity contribution in [2.75, 3.05) is 0 Å². The van der Waals surface area contributed by atoms with Crippen LogP contribution < -0.4 is 0 Å². The summed E-state index contributed by atoms with van der Waals surface area (Å²) in [7, 11) is 0. The lowest BCUT2D eigenvalue weighted by molar-refractivity contribution is 0.101. The lowest BCUT2D eigenvalue weighted by Crippen LogP contribution is -2.01. The summed E-state index contributed by atoms with van der Waals surface area (Å²) in [5, 5.41) is 4.55. The van der Waals surface area contributed by atoms with Gasteiger partial charge in [-0.1, -0.05) is 11.6 Å². The minimum absolute atomic E-state index is 0.176. The predicted molar refractivity (Wildman–Crippen MR) is 63.3 cm³/mol. The number of carbonyl (C=O) groups is 1. The van der Waals surface area contributed by atoms with E-state index < -0.39 is 5.82 Å². The van der Waals surface area contributed by atoms with Crippen molar-refractivity contribution in [2.24, 2.45) is 0 Å². The first-order valence-electron chi connectivity index (χ1n) is 5.01. The summed E-state index contributed by atoms with van der Waals surface area (Å²) in [5.41, 5.74) is 1.23. The van der Waals surface area contributed by atoms with Gasteiger partial charge in [-0.05, 0) is 32.0 Å². The zero-order chi connectivity index (χ0) is 12.6. The van der Waals surface area contributed by atoms with Gasteiger partial charge in [0.05, 0.1) is 10.7 Å². The Bertz CT molecular complexity index is 573. The number of hydrogen-bond donors (Lipinski definition) is 0. The molecular formula is C12H10ClFN2O. The third-order valence-electron chi connectivity index (χ3n) is 2.44. The van der Waals surface area contributed by atoms with Gasteiger partial charge in [0.1, 0.15) is 11.5 Å². The number of ketones is 1. The third kappa shape index (κ3) is 2.22. The summed E-state index contributed by atoms with van der Waals surface area (Å²) in [6, 6.07) is 4.27. The maximum absolute atomic E-state index is 13.8. The molecule has 0 bridgehead atoms. The highest BCUT2D eigenvalue weighted by Gasteiger charge is 2.10. The molecule has 88 valence electrons. The molecule has 1 aromatic carbocycles. The summed E-state index contributed by atoms with van der Waals surface area (Å²) in [5.74, 6) is -0.679. The molecule has 0 aliphatic heterocycles. The van der Waals surface area contributed by atoms with Gasteiger partial charge in [-0.3, -0.25) is 4.79 Å². The Balaban J connectivity index is 2.50. The Morgan fingerprint density at radius 1 is 1.47 bits per heavy atom. The highest BCUT2D eigenvalue weighted by Crippen LogP contribution is 2.19. The van der Waals surface area contributed by atoms with Crippen molar-refractivity contribution < 1.29 is 9.18 Å². The van der Waals surface area contributed by atoms with E-state index in [1.54, 1.807) is 13.0 Å². The number of carbonyl (C=O) groups excluding carboxylic acids is 1. The molecule has 17 heavy (non-hydrogen) atoms. The van der Waals surface area contributed by atoms with Crippen molar-refractivity contribution >= 4 is 17.4 Å². The van der Waals surface area contributed by atoms with E-state index >= 15 is 0 Å². The topological polar surface area (TPSA) is 34.9 Å². The van der Waals surface area contributed by atoms with Gasteiger partial charge in [0.15, 0.2) is 5.78 Å². The van der Waals surface area contributed by atoms with Crippen molar-refractivity contribution in [3.05, 3.63) is 46.5 Å². The Morgan fingerprint density at radius 3 is 2.65 bits per heavy atom. The Kier molecular flexibility index (Phi) is 2.98. The number of Topliss-reactive ketones (excluding diaryl/α,β-unsaturated/α-hetero) is 1. The number of rotatable bonds is 2. The second-order valence-electron chi connectivity index (χ2n) is 3.73. The van der Waals surface area contributed by atoms with E-state index in [4.69, 9.17) is 11.6 Å². The number of nitrogens with zero attached hydrogens (tertiary/aromatic N) is 2. The minimum atomic E-state index is -0.503. The van der Waals surface area contributed by atoms with Gasteiger partial charge in [-0.2, -0.15) is 5.10 Å². The van der Waals surface area contributed by atoms with Crippen LogP contribution in [0.15, 0.2) is 24.4 Å². The van der Waals surface area contributed by atoms with E-state index in [9.17, 15) is 9.18 Å². The fourth-order valence-electron chi connectivity index (χ4n) is 1.47. The normalized spacial score (nSPS) is 10.6. The quantitative estimate of drug-likeness (QED) is 0.770. The van der Waals surface area contributed by atoms with E-state index in [0.29, 0.717) is 16.3 Å². The third-order valence-corrected chi connectivity index (χ3v) is 2.81. The molecule has 1 heterocycles. The van der Waals surface area contributed by atoms with E-state index in [2.05, 4.69) is 5.10 Å². The zero-order valence-electron chi connectivity index (χ0n) is 9.37. The van der Waals surface area contributed by atoms with Crippen LogP contribution in [0.2, 0.25) is 5.02 Å². The molecule has 2 rings (SSSR count). The van der Waals surface area contributed by atoms with Crippen molar-refractivity contribution in [3.8, 4) is 5.69 Å². The lowest BCUT2D eigenvalue weighted by atomic mass is 10.1. The van der Waals surface area contributed by atoms with E-state index in [0.717, 1.165) is 0 Å². The molecule has 0 N–H and O–H groups in total. The molecule has 1 aromatic heterocycles. The Hall–Kier alpha value is -1.68. The highest BCUT2D eigenvalue weighted by molar-refractivity contribution is 6.31. The molecule has 0 radical (unpaired) electrons. The molecule has 0 aliphatic carbocycles. The first-order chi connectivity index (χ1) is 7.99. The summed E-state index contributed by atoms with van der Waals surface area (Å²) in [6.45, 7) is 3.13. The summed E-state index contributed by atoms with van der Waals surface area (Å²) in [4.78, 5) is 11.1. The largest absolute Gasteiger partial charge is 0.295 e. The Labute approximate surface area is 103 Å². The molecule has 0 aliphatic rings. The van der Waals surface area contributed by atoms with Gasteiger partial charge in [-0.25, -0.2) is 9.07 Å². The average molecular weight is 253 g/mol. The molecule has 0 fully saturated rings. The summed E-state index contributed by atoms with van der Waals surface area (Å²) in [6.07, 6.45) is 1.53. The zero-order valence-corrected chi connectivity index (χ0v) is 10.1. The monoisotopic (exact) mass is 252 g/mol. The molecular weight excluding hydrogens is 243 g/mol. The number of hydrogen-bond acceptors (Lipinski definition) is 2. The number of halogens is 2. The van der Waals surface area contributed by atoms with E-state index in [-0.39, 0.29) is 11.5 Å². The summed E-state index contributed by atoms with van der Waals surface area (Å²) >= 11 is 5.85. The second-order valence-corrected chi connectivity index (χ2v) is 4.14. The van der Waals surface area contributed by atoms with Crippen LogP contribution in [0.5, 0.6) is 0 Å². The smallest absolute Gasteiger partial charge is 0.159 e. The van der Waals surface area contributed by atoms with Gasteiger partial charge in [0, 0.05) is 11.8 Å². The highest BCUT2D eigenvalue weighted by atomic mass is 35.5. The minimum Gasteiger partial charge on any atom is -0.295 e. The van der Waals surface area contributed by atoms with Crippen LogP contribution >= 0.6 is 11.6 Å². The van der Waals surface area contributed by atoms with Gasteiger partial charge in [0.2, 0.25) is 0 Å². The molecule has 5 heteroatoms. The molecule has 0 saturated carbocycles. The van der Waals surface area contributed by atoms with Crippen LogP contribution in [-0.2, 0) is 0 Å². The van der Waals surface area contributed by atoms with E-state index in [1.165, 1.54) is 29.9 Å². The summed E-state index contributed by atoms with van der Waals surface area (Å²) < 4.78 is 15.1. The van der Waals surface area contributed by atoms with Gasteiger partial charge >= 0.3 is 0 Å². The maximum atomic E-state index is 13.8. The molecule has 0 atom stereocenters. The molecule has 0 spiro atoms. The standard InChI is InChI=1S/C12H10ClFN2O/c1-7-10(13)6-16(15-7)12-4-3-9(8(2)17)5-11(12)14/h3-6H,1-2H3. The van der Waals surface area contributed by atoms with Crippen LogP contribution in [0, 0.1) is 12.7 Å². The van der Waals surface area contributed by atoms with Crippen LogP contribution in [0.1, 0.15) is 23.0 Å². The van der Waals surface area contributed by atoms with Crippen LogP contribution in [0.4, 0.5) is 4.39 Å². The first kappa shape index (κ1) is 11.8. The van der Waals surface area contributed by atoms with E-state index in [1.807, 2.05) is 0 Å². The predicted octanol–water partition coefficient (Wildman–Crippen LogP) is 3.18. The van der Waals surface area contributed by atoms with Gasteiger partial charge < -0.3 is 0 Å². The fraction of sp³-hybridized carbons (Fsp3) is 0.167. The van der Waals surface area contributed by atoms with Crippen molar-refractivity contribution in [2.45, 2.75) is 13.8 Å². The van der Waals surface area contributed by atoms with Gasteiger partial charge in [0.25, 0.3) is 0 Å². The fourth-order valence-corrected chi connectivity index (χ4v) is 1.60. The first-order valence-corrected chi connectivity index (χ1v) is 5.39. The van der Waals surface area contributed by atoms with Crippen LogP contribution in [0.25, 0.3) is 5.69 Å². The van der Waals surface area contributed by atoms with Gasteiger partial charge in [-0.15, -0.1) is 0 Å². The van der Waals surface area contributed by atoms with Crippen molar-refractivity contribution in [1.82, 2.24) is 9.78 Å². The second kappa shape index (κ2) is 4.30. The van der Waals surface area contributed by atoms with Crippen LogP contribution in [0.3, 0.4) is 0 Å². The number of aromatic nitrogens is 2. The maximum Gasteiger partial charge on any atom is 0.159 e. The SMILES string of the molecule is CC(=O)c1ccc(-n2cc(Cl)c(C)n2)c(F)c1. The van der Waals surface area contributed by atoms with Crippen molar-refractivity contribution in [3.63, 3.8) is 0 Å².